The molecule has 1 aliphatic heterocycles. The molecule has 7 heteroatoms. The molecule has 0 saturated carbocycles. The van der Waals surface area contributed by atoms with E-state index in [-0.39, 0.29) is 23.1 Å². The van der Waals surface area contributed by atoms with Gasteiger partial charge in [0.15, 0.2) is 0 Å². The van der Waals surface area contributed by atoms with E-state index in [0.29, 0.717) is 18.7 Å². The van der Waals surface area contributed by atoms with Gasteiger partial charge in [-0.25, -0.2) is 0 Å². The van der Waals surface area contributed by atoms with Crippen molar-refractivity contribution >= 4 is 23.6 Å². The van der Waals surface area contributed by atoms with Crippen LogP contribution in [0.25, 0.3) is 0 Å². The molecular formula is C20H24N2O4S. The molecule has 2 amide bonds. The molecule has 1 aliphatic rings. The third-order valence-electron chi connectivity index (χ3n) is 4.64. The van der Waals surface area contributed by atoms with E-state index < -0.39 is 0 Å². The first-order valence-electron chi connectivity index (χ1n) is 8.99. The number of methoxy groups -OCH3 is 1. The van der Waals surface area contributed by atoms with Gasteiger partial charge in [0.25, 0.3) is 5.91 Å². The van der Waals surface area contributed by atoms with Crippen LogP contribution in [0.1, 0.15) is 30.1 Å². The second kappa shape index (κ2) is 8.99. The third kappa shape index (κ3) is 5.07. The summed E-state index contributed by atoms with van der Waals surface area (Å²) in [6.07, 6.45) is 4.49. The minimum absolute atomic E-state index is 0.0167. The number of rotatable bonds is 6. The molecule has 2 heterocycles. The maximum atomic E-state index is 12.5. The van der Waals surface area contributed by atoms with E-state index in [9.17, 15) is 9.59 Å². The molecule has 0 aliphatic carbocycles. The highest BCUT2D eigenvalue weighted by Gasteiger charge is 2.26. The van der Waals surface area contributed by atoms with Crippen LogP contribution in [0, 0.1) is 0 Å². The van der Waals surface area contributed by atoms with Crippen molar-refractivity contribution in [1.29, 1.82) is 0 Å². The third-order valence-corrected chi connectivity index (χ3v) is 5.75. The summed E-state index contributed by atoms with van der Waals surface area (Å²) in [5.41, 5.74) is 0.571. The van der Waals surface area contributed by atoms with Crippen molar-refractivity contribution in [3.05, 3.63) is 48.4 Å². The van der Waals surface area contributed by atoms with Gasteiger partial charge in [0.1, 0.15) is 12.0 Å². The van der Waals surface area contributed by atoms with Crippen molar-refractivity contribution < 1.29 is 18.7 Å². The first-order chi connectivity index (χ1) is 13.1. The molecule has 0 unspecified atom stereocenters. The number of nitrogens with zero attached hydrogens (tertiary/aromatic N) is 1. The quantitative estimate of drug-likeness (QED) is 0.770. The first kappa shape index (κ1) is 19.4. The maximum Gasteiger partial charge on any atom is 0.257 e. The van der Waals surface area contributed by atoms with Gasteiger partial charge in [0, 0.05) is 24.0 Å². The van der Waals surface area contributed by atoms with Gasteiger partial charge in [-0.15, -0.1) is 11.8 Å². The number of hydrogen-bond donors (Lipinski definition) is 1. The van der Waals surface area contributed by atoms with E-state index in [1.54, 1.807) is 13.2 Å². The van der Waals surface area contributed by atoms with E-state index in [1.807, 2.05) is 36.1 Å². The standard InChI is InChI=1S/C20H24N2O4S/c1-14(27-18-5-3-17(25-2)4-6-18)19(23)21-16-7-10-22(11-8-16)20(24)15-9-12-26-13-15/h3-6,9,12-14,16H,7-8,10-11H2,1-2H3,(H,21,23)/t14-/m1/s1. The summed E-state index contributed by atoms with van der Waals surface area (Å²) in [6, 6.07) is 9.46. The van der Waals surface area contributed by atoms with E-state index in [0.717, 1.165) is 23.5 Å². The van der Waals surface area contributed by atoms with Gasteiger partial charge in [0.05, 0.1) is 24.2 Å². The Bertz CT molecular complexity index is 753. The van der Waals surface area contributed by atoms with Gasteiger partial charge in [-0.3, -0.25) is 9.59 Å². The van der Waals surface area contributed by atoms with Crippen molar-refractivity contribution in [2.75, 3.05) is 20.2 Å². The molecule has 1 N–H and O–H groups in total. The Kier molecular flexibility index (Phi) is 6.45. The summed E-state index contributed by atoms with van der Waals surface area (Å²) in [5.74, 6) is 0.806. The number of furan rings is 1. The van der Waals surface area contributed by atoms with Gasteiger partial charge in [-0.2, -0.15) is 0 Å². The summed E-state index contributed by atoms with van der Waals surface area (Å²) >= 11 is 1.52. The van der Waals surface area contributed by atoms with Crippen LogP contribution in [0.2, 0.25) is 0 Å². The molecule has 6 nitrogen and oxygen atoms in total. The van der Waals surface area contributed by atoms with Crippen molar-refractivity contribution in [2.24, 2.45) is 0 Å². The number of carbonyl (C=O) groups excluding carboxylic acids is 2. The highest BCUT2D eigenvalue weighted by atomic mass is 32.2. The van der Waals surface area contributed by atoms with Crippen LogP contribution in [-0.4, -0.2) is 48.2 Å². The zero-order valence-corrected chi connectivity index (χ0v) is 16.3. The van der Waals surface area contributed by atoms with Crippen LogP contribution in [0.5, 0.6) is 5.75 Å². The summed E-state index contributed by atoms with van der Waals surface area (Å²) in [5, 5.41) is 2.92. The Hall–Kier alpha value is -2.41. The SMILES string of the molecule is COc1ccc(S[C@H](C)C(=O)NC2CCN(C(=O)c3ccoc3)CC2)cc1. The lowest BCUT2D eigenvalue weighted by molar-refractivity contribution is -0.121. The Morgan fingerprint density at radius 2 is 1.93 bits per heavy atom. The average Bonchev–Trinajstić information content (AvgIpc) is 3.23. The summed E-state index contributed by atoms with van der Waals surface area (Å²) in [6.45, 7) is 3.17. The highest BCUT2D eigenvalue weighted by Crippen LogP contribution is 2.26. The van der Waals surface area contributed by atoms with Gasteiger partial charge >= 0.3 is 0 Å². The summed E-state index contributed by atoms with van der Waals surface area (Å²) in [7, 11) is 1.63. The molecule has 1 atom stereocenters. The largest absolute Gasteiger partial charge is 0.497 e. The number of ether oxygens (including phenoxy) is 1. The molecule has 1 saturated heterocycles. The number of amides is 2. The van der Waals surface area contributed by atoms with Crippen molar-refractivity contribution in [3.63, 3.8) is 0 Å². The monoisotopic (exact) mass is 388 g/mol. The fraction of sp³-hybridized carbons (Fsp3) is 0.400. The number of likely N-dealkylation sites (tertiary alicyclic amines) is 1. The molecule has 3 rings (SSSR count). The fourth-order valence-electron chi connectivity index (χ4n) is 3.03. The van der Waals surface area contributed by atoms with Gasteiger partial charge in [-0.1, -0.05) is 0 Å². The molecule has 0 spiro atoms. The van der Waals surface area contributed by atoms with Gasteiger partial charge in [0.2, 0.25) is 5.91 Å². The second-order valence-electron chi connectivity index (χ2n) is 6.52. The minimum atomic E-state index is -0.191. The van der Waals surface area contributed by atoms with Crippen LogP contribution in [0.3, 0.4) is 0 Å². The topological polar surface area (TPSA) is 71.8 Å². The smallest absolute Gasteiger partial charge is 0.257 e. The first-order valence-corrected chi connectivity index (χ1v) is 9.87. The van der Waals surface area contributed by atoms with Crippen LogP contribution in [-0.2, 0) is 4.79 Å². The van der Waals surface area contributed by atoms with E-state index in [4.69, 9.17) is 9.15 Å². The molecule has 0 radical (unpaired) electrons. The average molecular weight is 388 g/mol. The van der Waals surface area contributed by atoms with Crippen LogP contribution < -0.4 is 10.1 Å². The van der Waals surface area contributed by atoms with Crippen molar-refractivity contribution in [1.82, 2.24) is 10.2 Å². The zero-order chi connectivity index (χ0) is 19.2. The number of thioether (sulfide) groups is 1. The van der Waals surface area contributed by atoms with Crippen LogP contribution in [0.15, 0.2) is 52.2 Å². The normalized spacial score (nSPS) is 16.0. The van der Waals surface area contributed by atoms with Crippen molar-refractivity contribution in [3.8, 4) is 5.75 Å². The number of benzene rings is 1. The number of piperidine rings is 1. The lowest BCUT2D eigenvalue weighted by Gasteiger charge is -2.32. The maximum absolute atomic E-state index is 12.5. The zero-order valence-electron chi connectivity index (χ0n) is 15.5. The van der Waals surface area contributed by atoms with E-state index in [2.05, 4.69) is 5.32 Å². The molecule has 1 aromatic heterocycles. The fourth-order valence-corrected chi connectivity index (χ4v) is 3.90. The minimum Gasteiger partial charge on any atom is -0.497 e. The number of hydrogen-bond acceptors (Lipinski definition) is 5. The lowest BCUT2D eigenvalue weighted by atomic mass is 10.0. The summed E-state index contributed by atoms with van der Waals surface area (Å²) < 4.78 is 10.1. The second-order valence-corrected chi connectivity index (χ2v) is 7.94. The Labute approximate surface area is 163 Å². The Morgan fingerprint density at radius 1 is 1.22 bits per heavy atom. The van der Waals surface area contributed by atoms with Crippen LogP contribution in [0.4, 0.5) is 0 Å². The molecule has 2 aromatic rings. The number of carbonyl (C=O) groups is 2. The molecule has 1 fully saturated rings. The predicted octanol–water partition coefficient (Wildman–Crippen LogP) is 3.19. The molecule has 1 aromatic carbocycles. The van der Waals surface area contributed by atoms with Crippen molar-refractivity contribution in [2.45, 2.75) is 36.0 Å². The molecule has 27 heavy (non-hydrogen) atoms. The number of nitrogens with one attached hydrogen (secondary N) is 1. The highest BCUT2D eigenvalue weighted by molar-refractivity contribution is 8.00. The summed E-state index contributed by atoms with van der Waals surface area (Å²) in [4.78, 5) is 27.6. The van der Waals surface area contributed by atoms with Crippen LogP contribution >= 0.6 is 11.8 Å². The Balaban J connectivity index is 1.45. The van der Waals surface area contributed by atoms with Gasteiger partial charge < -0.3 is 19.4 Å². The Morgan fingerprint density at radius 3 is 2.52 bits per heavy atom. The molecule has 0 bridgehead atoms. The molecular weight excluding hydrogens is 364 g/mol. The van der Waals surface area contributed by atoms with E-state index >= 15 is 0 Å². The molecule has 144 valence electrons. The lowest BCUT2D eigenvalue weighted by Crippen LogP contribution is -2.48. The van der Waals surface area contributed by atoms with Gasteiger partial charge in [-0.05, 0) is 50.1 Å². The predicted molar refractivity (Wildman–Crippen MR) is 104 cm³/mol. The van der Waals surface area contributed by atoms with E-state index in [1.165, 1.54) is 24.3 Å².